The van der Waals surface area contributed by atoms with E-state index < -0.39 is 0 Å². The summed E-state index contributed by atoms with van der Waals surface area (Å²) in [5.74, 6) is 0.528. The van der Waals surface area contributed by atoms with Gasteiger partial charge in [0.1, 0.15) is 11.6 Å². The molecular formula is C26H27FN2O2. The highest BCUT2D eigenvalue weighted by Crippen LogP contribution is 2.27. The lowest BCUT2D eigenvalue weighted by molar-refractivity contribution is 0.0958. The van der Waals surface area contributed by atoms with Gasteiger partial charge < -0.3 is 9.64 Å². The number of carbonyl (C=O) groups excluding carboxylic acids is 1. The molecule has 0 unspecified atom stereocenters. The molecule has 0 aliphatic carbocycles. The van der Waals surface area contributed by atoms with Crippen LogP contribution in [0.4, 0.5) is 10.1 Å². The summed E-state index contributed by atoms with van der Waals surface area (Å²) in [4.78, 5) is 17.8. The van der Waals surface area contributed by atoms with Gasteiger partial charge in [0.25, 0.3) is 5.91 Å². The van der Waals surface area contributed by atoms with Crippen molar-refractivity contribution >= 4 is 11.6 Å². The van der Waals surface area contributed by atoms with E-state index in [1.54, 1.807) is 7.11 Å². The van der Waals surface area contributed by atoms with Crippen LogP contribution in [0.1, 0.15) is 28.8 Å². The molecule has 0 N–H and O–H groups in total. The van der Waals surface area contributed by atoms with Crippen molar-refractivity contribution in [3.05, 3.63) is 95.8 Å². The second-order valence-corrected chi connectivity index (χ2v) is 7.87. The number of methoxy groups -OCH3 is 1. The van der Waals surface area contributed by atoms with E-state index in [9.17, 15) is 9.18 Å². The Kier molecular flexibility index (Phi) is 6.63. The number of hydrogen-bond donors (Lipinski definition) is 0. The molecule has 160 valence electrons. The minimum atomic E-state index is -0.210. The Morgan fingerprint density at radius 1 is 0.968 bits per heavy atom. The first-order valence-electron chi connectivity index (χ1n) is 10.6. The Balaban J connectivity index is 1.48. The van der Waals surface area contributed by atoms with Crippen LogP contribution in [0.25, 0.3) is 0 Å². The predicted molar refractivity (Wildman–Crippen MR) is 121 cm³/mol. The first kappa shape index (κ1) is 21.1. The first-order chi connectivity index (χ1) is 15.1. The molecule has 3 aromatic carbocycles. The standard InChI is InChI=1S/C26H27FN2O2/c1-31-25-13-9-21(10-14-25)26(30)29(23-5-3-2-4-6-23)24-15-17-28(18-16-24)19-20-7-11-22(27)12-8-20/h2-14,24H,15-19H2,1H3. The molecule has 0 radical (unpaired) electrons. The van der Waals surface area contributed by atoms with Crippen LogP contribution in [-0.2, 0) is 6.54 Å². The smallest absolute Gasteiger partial charge is 0.258 e. The molecule has 1 saturated heterocycles. The van der Waals surface area contributed by atoms with Crippen molar-refractivity contribution in [1.29, 1.82) is 0 Å². The molecule has 0 aromatic heterocycles. The zero-order chi connectivity index (χ0) is 21.6. The van der Waals surface area contributed by atoms with E-state index >= 15 is 0 Å². The lowest BCUT2D eigenvalue weighted by Crippen LogP contribution is -2.47. The van der Waals surface area contributed by atoms with Gasteiger partial charge in [-0.1, -0.05) is 30.3 Å². The summed E-state index contributed by atoms with van der Waals surface area (Å²) in [6, 6.07) is 24.0. The lowest BCUT2D eigenvalue weighted by Gasteiger charge is -2.38. The van der Waals surface area contributed by atoms with E-state index in [0.29, 0.717) is 5.56 Å². The number of anilines is 1. The maximum atomic E-state index is 13.5. The first-order valence-corrected chi connectivity index (χ1v) is 10.6. The third-order valence-corrected chi connectivity index (χ3v) is 5.83. The average molecular weight is 419 g/mol. The molecule has 0 spiro atoms. The minimum absolute atomic E-state index is 0.00541. The van der Waals surface area contributed by atoms with E-state index in [-0.39, 0.29) is 17.8 Å². The Labute approximate surface area is 182 Å². The van der Waals surface area contributed by atoms with Gasteiger partial charge in [0, 0.05) is 36.9 Å². The van der Waals surface area contributed by atoms with Gasteiger partial charge in [0.15, 0.2) is 0 Å². The molecule has 1 aliphatic rings. The topological polar surface area (TPSA) is 32.8 Å². The number of nitrogens with zero attached hydrogens (tertiary/aromatic N) is 2. The number of para-hydroxylation sites is 1. The molecule has 1 fully saturated rings. The fraction of sp³-hybridized carbons (Fsp3) is 0.269. The van der Waals surface area contributed by atoms with Crippen molar-refractivity contribution in [2.75, 3.05) is 25.1 Å². The van der Waals surface area contributed by atoms with Crippen molar-refractivity contribution in [1.82, 2.24) is 4.90 Å². The Hall–Kier alpha value is -3.18. The van der Waals surface area contributed by atoms with Crippen molar-refractivity contribution < 1.29 is 13.9 Å². The van der Waals surface area contributed by atoms with Gasteiger partial charge in [-0.3, -0.25) is 9.69 Å². The molecule has 5 heteroatoms. The van der Waals surface area contributed by atoms with E-state index in [0.717, 1.165) is 49.5 Å². The Bertz CT molecular complexity index is 982. The second kappa shape index (κ2) is 9.75. The zero-order valence-corrected chi connectivity index (χ0v) is 17.7. The second-order valence-electron chi connectivity index (χ2n) is 7.87. The summed E-state index contributed by atoms with van der Waals surface area (Å²) < 4.78 is 18.4. The van der Waals surface area contributed by atoms with Crippen molar-refractivity contribution in [2.24, 2.45) is 0 Å². The molecule has 3 aromatic rings. The molecule has 1 heterocycles. The Morgan fingerprint density at radius 3 is 2.23 bits per heavy atom. The highest BCUT2D eigenvalue weighted by atomic mass is 19.1. The number of piperidine rings is 1. The van der Waals surface area contributed by atoms with Crippen LogP contribution in [0.3, 0.4) is 0 Å². The number of rotatable bonds is 6. The predicted octanol–water partition coefficient (Wildman–Crippen LogP) is 5.15. The molecular weight excluding hydrogens is 391 g/mol. The number of benzene rings is 3. The maximum absolute atomic E-state index is 13.5. The zero-order valence-electron chi connectivity index (χ0n) is 17.7. The highest BCUT2D eigenvalue weighted by Gasteiger charge is 2.29. The van der Waals surface area contributed by atoms with Crippen LogP contribution >= 0.6 is 0 Å². The lowest BCUT2D eigenvalue weighted by atomic mass is 10.00. The van der Waals surface area contributed by atoms with Gasteiger partial charge >= 0.3 is 0 Å². The van der Waals surface area contributed by atoms with E-state index in [1.165, 1.54) is 12.1 Å². The van der Waals surface area contributed by atoms with E-state index in [1.807, 2.05) is 71.6 Å². The number of ether oxygens (including phenoxy) is 1. The van der Waals surface area contributed by atoms with Gasteiger partial charge in [-0.05, 0) is 66.9 Å². The fourth-order valence-electron chi connectivity index (χ4n) is 4.14. The van der Waals surface area contributed by atoms with Crippen LogP contribution in [0, 0.1) is 5.82 Å². The largest absolute Gasteiger partial charge is 0.497 e. The fourth-order valence-corrected chi connectivity index (χ4v) is 4.14. The quantitative estimate of drug-likeness (QED) is 0.555. The van der Waals surface area contributed by atoms with Gasteiger partial charge in [0.2, 0.25) is 0 Å². The summed E-state index contributed by atoms with van der Waals surface area (Å²) in [5.41, 5.74) is 2.67. The third-order valence-electron chi connectivity index (χ3n) is 5.83. The van der Waals surface area contributed by atoms with Gasteiger partial charge in [0.05, 0.1) is 7.11 Å². The number of halogens is 1. The van der Waals surface area contributed by atoms with Crippen LogP contribution in [0.5, 0.6) is 5.75 Å². The van der Waals surface area contributed by atoms with Crippen molar-refractivity contribution in [2.45, 2.75) is 25.4 Å². The Morgan fingerprint density at radius 2 is 1.61 bits per heavy atom. The summed E-state index contributed by atoms with van der Waals surface area (Å²) in [6.45, 7) is 2.58. The molecule has 4 nitrogen and oxygen atoms in total. The van der Waals surface area contributed by atoms with Gasteiger partial charge in [-0.15, -0.1) is 0 Å². The maximum Gasteiger partial charge on any atom is 0.258 e. The average Bonchev–Trinajstić information content (AvgIpc) is 2.82. The molecule has 1 amide bonds. The van der Waals surface area contributed by atoms with E-state index in [4.69, 9.17) is 4.74 Å². The SMILES string of the molecule is COc1ccc(C(=O)N(c2ccccc2)C2CCN(Cc3ccc(F)cc3)CC2)cc1. The van der Waals surface area contributed by atoms with Crippen LogP contribution in [0.15, 0.2) is 78.9 Å². The van der Waals surface area contributed by atoms with Gasteiger partial charge in [-0.2, -0.15) is 0 Å². The molecule has 4 rings (SSSR count). The van der Waals surface area contributed by atoms with Crippen LogP contribution < -0.4 is 9.64 Å². The highest BCUT2D eigenvalue weighted by molar-refractivity contribution is 6.06. The monoisotopic (exact) mass is 418 g/mol. The third kappa shape index (κ3) is 5.12. The molecule has 31 heavy (non-hydrogen) atoms. The number of amides is 1. The molecule has 0 saturated carbocycles. The molecule has 0 atom stereocenters. The van der Waals surface area contributed by atoms with Gasteiger partial charge in [-0.25, -0.2) is 4.39 Å². The molecule has 0 bridgehead atoms. The summed E-state index contributed by atoms with van der Waals surface area (Å²) in [5, 5.41) is 0. The number of likely N-dealkylation sites (tertiary alicyclic amines) is 1. The van der Waals surface area contributed by atoms with Crippen molar-refractivity contribution in [3.63, 3.8) is 0 Å². The summed E-state index contributed by atoms with van der Waals surface area (Å²) in [6.07, 6.45) is 1.77. The van der Waals surface area contributed by atoms with Crippen molar-refractivity contribution in [3.8, 4) is 5.75 Å². The van der Waals surface area contributed by atoms with Crippen LogP contribution in [0.2, 0.25) is 0 Å². The summed E-state index contributed by atoms with van der Waals surface area (Å²) in [7, 11) is 1.62. The minimum Gasteiger partial charge on any atom is -0.497 e. The normalized spacial score (nSPS) is 14.9. The van der Waals surface area contributed by atoms with Crippen LogP contribution in [-0.4, -0.2) is 37.0 Å². The molecule has 1 aliphatic heterocycles. The number of carbonyl (C=O) groups is 1. The number of hydrogen-bond acceptors (Lipinski definition) is 3. The summed E-state index contributed by atoms with van der Waals surface area (Å²) >= 11 is 0. The van der Waals surface area contributed by atoms with E-state index in [2.05, 4.69) is 4.90 Å².